The van der Waals surface area contributed by atoms with Crippen molar-refractivity contribution < 1.29 is 33.3 Å². The van der Waals surface area contributed by atoms with Gasteiger partial charge in [-0.05, 0) is 18.2 Å². The van der Waals surface area contributed by atoms with Crippen LogP contribution in [0.4, 0.5) is 0 Å². The van der Waals surface area contributed by atoms with Gasteiger partial charge in [0.05, 0.1) is 0 Å². The molecule has 0 spiro atoms. The minimum atomic E-state index is 0. The van der Waals surface area contributed by atoms with Crippen LogP contribution >= 0.6 is 11.6 Å². The van der Waals surface area contributed by atoms with Gasteiger partial charge < -0.3 is 28.7 Å². The largest absolute Gasteiger partial charge is 1.00 e. The smallest absolute Gasteiger partial charge is 0.172 e. The summed E-state index contributed by atoms with van der Waals surface area (Å²) in [7, 11) is 1.96. The summed E-state index contributed by atoms with van der Waals surface area (Å²) in [4.78, 5) is 0. The van der Waals surface area contributed by atoms with E-state index in [1.165, 1.54) is 0 Å². The molecule has 1 heterocycles. The minimum absolute atomic E-state index is 0. The Morgan fingerprint density at radius 1 is 1.06 bits per heavy atom. The number of nitrogens with zero attached hydrogens (tertiary/aromatic N) is 1. The molecule has 0 aliphatic carbocycles. The first-order valence-corrected chi connectivity index (χ1v) is 5.00. The fraction of sp³-hybridized carbons (Fsp3) is 0.0833. The van der Waals surface area contributed by atoms with Crippen LogP contribution in [0, 0.1) is 0 Å². The van der Waals surface area contributed by atoms with Crippen LogP contribution in [0.5, 0.6) is 11.5 Å². The molecular weight excluding hydrogens is 336 g/mol. The number of benzene rings is 1. The molecule has 0 fully saturated rings. The van der Waals surface area contributed by atoms with E-state index in [2.05, 4.69) is 0 Å². The first-order valence-electron chi connectivity index (χ1n) is 4.63. The lowest BCUT2D eigenvalue weighted by molar-refractivity contribution is -0.671. The van der Waals surface area contributed by atoms with E-state index in [9.17, 15) is 0 Å². The number of hydrogen-bond acceptors (Lipinski definition) is 1. The topological polar surface area (TPSA) is 13.1 Å². The van der Waals surface area contributed by atoms with Crippen LogP contribution in [0.2, 0.25) is 5.02 Å². The molecular formula is C12H11ClINO. The first-order chi connectivity index (χ1) is 7.24. The minimum Gasteiger partial charge on any atom is -1.00 e. The zero-order valence-corrected chi connectivity index (χ0v) is 11.6. The highest BCUT2D eigenvalue weighted by Crippen LogP contribution is 2.22. The van der Waals surface area contributed by atoms with E-state index in [-0.39, 0.29) is 24.0 Å². The summed E-state index contributed by atoms with van der Waals surface area (Å²) in [5.74, 6) is 1.55. The van der Waals surface area contributed by atoms with Gasteiger partial charge in [0.15, 0.2) is 12.4 Å². The highest BCUT2D eigenvalue weighted by molar-refractivity contribution is 6.30. The van der Waals surface area contributed by atoms with Crippen molar-refractivity contribution in [3.05, 3.63) is 53.8 Å². The first kappa shape index (κ1) is 13.3. The van der Waals surface area contributed by atoms with Crippen LogP contribution in [-0.4, -0.2) is 0 Å². The zero-order chi connectivity index (χ0) is 10.7. The third-order valence-electron chi connectivity index (χ3n) is 1.98. The monoisotopic (exact) mass is 347 g/mol. The molecule has 1 aromatic heterocycles. The molecule has 0 amide bonds. The Kier molecular flexibility index (Phi) is 5.02. The summed E-state index contributed by atoms with van der Waals surface area (Å²) < 4.78 is 7.57. The van der Waals surface area contributed by atoms with E-state index < -0.39 is 0 Å². The molecule has 2 rings (SSSR count). The lowest BCUT2D eigenvalue weighted by atomic mass is 10.3. The molecule has 0 unspecified atom stereocenters. The maximum Gasteiger partial charge on any atom is 0.172 e. The van der Waals surface area contributed by atoms with Gasteiger partial charge >= 0.3 is 0 Å². The number of halogens is 2. The average molecular weight is 348 g/mol. The van der Waals surface area contributed by atoms with Gasteiger partial charge in [0, 0.05) is 17.2 Å². The molecule has 16 heavy (non-hydrogen) atoms. The number of aryl methyl sites for hydroxylation is 1. The average Bonchev–Trinajstić information content (AvgIpc) is 2.22. The van der Waals surface area contributed by atoms with Crippen molar-refractivity contribution in [2.75, 3.05) is 0 Å². The van der Waals surface area contributed by atoms with Gasteiger partial charge in [0.25, 0.3) is 0 Å². The number of hydrogen-bond donors (Lipinski definition) is 0. The van der Waals surface area contributed by atoms with Crippen molar-refractivity contribution in [2.24, 2.45) is 7.05 Å². The number of rotatable bonds is 2. The fourth-order valence-corrected chi connectivity index (χ4v) is 1.40. The summed E-state index contributed by atoms with van der Waals surface area (Å²) in [6.07, 6.45) is 3.86. The maximum atomic E-state index is 5.85. The Bertz CT molecular complexity index is 459. The Morgan fingerprint density at radius 2 is 1.75 bits per heavy atom. The molecule has 2 aromatic rings. The van der Waals surface area contributed by atoms with Gasteiger partial charge in [0.2, 0.25) is 0 Å². The number of aromatic nitrogens is 1. The Labute approximate surface area is 117 Å². The van der Waals surface area contributed by atoms with Crippen LogP contribution in [0.3, 0.4) is 0 Å². The van der Waals surface area contributed by atoms with E-state index in [0.29, 0.717) is 5.02 Å². The molecule has 0 radical (unpaired) electrons. The van der Waals surface area contributed by atoms with Gasteiger partial charge in [-0.2, -0.15) is 0 Å². The predicted molar refractivity (Wildman–Crippen MR) is 59.1 cm³/mol. The molecule has 0 saturated carbocycles. The molecule has 0 atom stereocenters. The van der Waals surface area contributed by atoms with Crippen LogP contribution in [0.1, 0.15) is 0 Å². The van der Waals surface area contributed by atoms with Crippen molar-refractivity contribution in [1.29, 1.82) is 0 Å². The molecule has 0 N–H and O–H groups in total. The van der Waals surface area contributed by atoms with E-state index >= 15 is 0 Å². The fourth-order valence-electron chi connectivity index (χ4n) is 1.22. The van der Waals surface area contributed by atoms with Crippen molar-refractivity contribution in [3.8, 4) is 11.5 Å². The van der Waals surface area contributed by atoms with Crippen molar-refractivity contribution >= 4 is 11.6 Å². The van der Waals surface area contributed by atoms with Gasteiger partial charge in [-0.15, -0.1) is 0 Å². The highest BCUT2D eigenvalue weighted by Gasteiger charge is 1.99. The summed E-state index contributed by atoms with van der Waals surface area (Å²) in [6.45, 7) is 0. The van der Waals surface area contributed by atoms with E-state index in [1.54, 1.807) is 6.07 Å². The Balaban J connectivity index is 0.00000128. The van der Waals surface area contributed by atoms with Crippen molar-refractivity contribution in [1.82, 2.24) is 0 Å². The number of pyridine rings is 1. The van der Waals surface area contributed by atoms with Crippen molar-refractivity contribution in [2.45, 2.75) is 0 Å². The standard InChI is InChI=1S/C12H11ClNO.HI/c1-14-7-5-11(6-8-14)15-12-4-2-3-10(13)9-12;/h2-9H,1H3;1H/q+1;/p-1. The highest BCUT2D eigenvalue weighted by atomic mass is 127. The Morgan fingerprint density at radius 3 is 2.38 bits per heavy atom. The lowest BCUT2D eigenvalue weighted by Crippen LogP contribution is -3.00. The predicted octanol–water partition coefficient (Wildman–Crippen LogP) is -0.0392. The summed E-state index contributed by atoms with van der Waals surface area (Å²) in [6, 6.07) is 11.1. The second-order valence-electron chi connectivity index (χ2n) is 3.26. The lowest BCUT2D eigenvalue weighted by Gasteiger charge is -2.04. The van der Waals surface area contributed by atoms with E-state index in [1.807, 2.05) is 54.3 Å². The number of ether oxygens (including phenoxy) is 1. The Hall–Kier alpha value is -0.810. The molecule has 2 nitrogen and oxygen atoms in total. The molecule has 84 valence electrons. The van der Waals surface area contributed by atoms with Crippen LogP contribution in [0.25, 0.3) is 0 Å². The summed E-state index contributed by atoms with van der Waals surface area (Å²) >= 11 is 5.85. The molecule has 1 aromatic carbocycles. The summed E-state index contributed by atoms with van der Waals surface area (Å²) in [5.41, 5.74) is 0. The van der Waals surface area contributed by atoms with Gasteiger partial charge in [-0.3, -0.25) is 0 Å². The van der Waals surface area contributed by atoms with E-state index in [0.717, 1.165) is 11.5 Å². The SMILES string of the molecule is C[n+]1ccc(Oc2cccc(Cl)c2)cc1.[I-]. The zero-order valence-electron chi connectivity index (χ0n) is 8.73. The van der Waals surface area contributed by atoms with Crippen LogP contribution in [0.15, 0.2) is 48.8 Å². The molecule has 0 aliphatic heterocycles. The second kappa shape index (κ2) is 6.06. The third kappa shape index (κ3) is 3.64. The molecule has 0 bridgehead atoms. The van der Waals surface area contributed by atoms with Crippen LogP contribution in [-0.2, 0) is 7.05 Å². The molecule has 0 saturated heterocycles. The quantitative estimate of drug-likeness (QED) is 0.549. The summed E-state index contributed by atoms with van der Waals surface area (Å²) in [5, 5.41) is 0.675. The second-order valence-corrected chi connectivity index (χ2v) is 3.70. The van der Waals surface area contributed by atoms with Crippen molar-refractivity contribution in [3.63, 3.8) is 0 Å². The van der Waals surface area contributed by atoms with E-state index in [4.69, 9.17) is 16.3 Å². The molecule has 0 aliphatic rings. The molecule has 4 heteroatoms. The van der Waals surface area contributed by atoms with Crippen LogP contribution < -0.4 is 33.3 Å². The van der Waals surface area contributed by atoms with Gasteiger partial charge in [-0.25, -0.2) is 4.57 Å². The van der Waals surface area contributed by atoms with Gasteiger partial charge in [-0.1, -0.05) is 17.7 Å². The maximum absolute atomic E-state index is 5.85. The third-order valence-corrected chi connectivity index (χ3v) is 2.21. The normalized spacial score (nSPS) is 9.38. The van der Waals surface area contributed by atoms with Gasteiger partial charge in [0.1, 0.15) is 18.5 Å².